The van der Waals surface area contributed by atoms with Crippen LogP contribution in [0, 0.1) is 0 Å². The first-order valence-corrected chi connectivity index (χ1v) is 5.82. The predicted molar refractivity (Wildman–Crippen MR) is 62.8 cm³/mol. The zero-order valence-corrected chi connectivity index (χ0v) is 9.55. The maximum atomic E-state index is 9.38. The van der Waals surface area contributed by atoms with Gasteiger partial charge in [0, 0.05) is 16.2 Å². The van der Waals surface area contributed by atoms with Crippen molar-refractivity contribution >= 4 is 23.4 Å². The summed E-state index contributed by atoms with van der Waals surface area (Å²) in [6.07, 6.45) is 1.49. The molecule has 0 radical (unpaired) electrons. The number of rotatable bonds is 4. The third-order valence-electron chi connectivity index (χ3n) is 1.78. The second-order valence-corrected chi connectivity index (χ2v) is 4.27. The molecular weight excluding hydrogens is 216 g/mol. The highest BCUT2D eigenvalue weighted by Crippen LogP contribution is 2.22. The highest BCUT2D eigenvalue weighted by molar-refractivity contribution is 7.99. The average molecular weight is 229 g/mol. The van der Waals surface area contributed by atoms with Crippen molar-refractivity contribution in [1.29, 1.82) is 0 Å². The van der Waals surface area contributed by atoms with E-state index in [9.17, 15) is 5.11 Å². The summed E-state index contributed by atoms with van der Waals surface area (Å²) in [7, 11) is 0. The van der Waals surface area contributed by atoms with Gasteiger partial charge in [-0.1, -0.05) is 29.8 Å². The van der Waals surface area contributed by atoms with Gasteiger partial charge in [-0.3, -0.25) is 0 Å². The van der Waals surface area contributed by atoms with Crippen LogP contribution in [0.25, 0.3) is 0 Å². The van der Waals surface area contributed by atoms with Crippen LogP contribution in [0.15, 0.2) is 40.8 Å². The summed E-state index contributed by atoms with van der Waals surface area (Å²) in [4.78, 5) is 1.15. The molecule has 0 heterocycles. The quantitative estimate of drug-likeness (QED) is 0.795. The molecular formula is C11H13ClOS. The largest absolute Gasteiger partial charge is 0.389 e. The van der Waals surface area contributed by atoms with Crippen LogP contribution in [-0.2, 0) is 0 Å². The third kappa shape index (κ3) is 3.74. The molecule has 0 aliphatic rings. The van der Waals surface area contributed by atoms with E-state index in [-0.39, 0.29) is 0 Å². The highest BCUT2D eigenvalue weighted by atomic mass is 35.5. The second kappa shape index (κ2) is 6.12. The summed E-state index contributed by atoms with van der Waals surface area (Å²) >= 11 is 7.11. The lowest BCUT2D eigenvalue weighted by atomic mass is 10.1. The second-order valence-electron chi connectivity index (χ2n) is 2.92. The first-order valence-electron chi connectivity index (χ1n) is 4.40. The van der Waals surface area contributed by atoms with E-state index in [2.05, 4.69) is 0 Å². The van der Waals surface area contributed by atoms with E-state index < -0.39 is 6.10 Å². The van der Waals surface area contributed by atoms with Gasteiger partial charge in [-0.15, -0.1) is 11.8 Å². The molecule has 1 nitrogen and oxygen atoms in total. The molecule has 0 aromatic heterocycles. The Morgan fingerprint density at radius 3 is 3.00 bits per heavy atom. The topological polar surface area (TPSA) is 20.2 Å². The maximum Gasteiger partial charge on any atom is 0.0762 e. The van der Waals surface area contributed by atoms with Crippen molar-refractivity contribution in [2.45, 2.75) is 17.9 Å². The number of hydrogen-bond acceptors (Lipinski definition) is 2. The molecule has 3 heteroatoms. The van der Waals surface area contributed by atoms with E-state index in [1.165, 1.54) is 5.54 Å². The van der Waals surface area contributed by atoms with Crippen LogP contribution in [0.5, 0.6) is 0 Å². The lowest BCUT2D eigenvalue weighted by molar-refractivity contribution is 0.199. The zero-order chi connectivity index (χ0) is 10.4. The summed E-state index contributed by atoms with van der Waals surface area (Å²) in [6, 6.07) is 7.90. The van der Waals surface area contributed by atoms with Gasteiger partial charge in [0.1, 0.15) is 0 Å². The molecule has 1 rings (SSSR count). The van der Waals surface area contributed by atoms with Crippen molar-refractivity contribution in [3.05, 3.63) is 41.4 Å². The van der Waals surface area contributed by atoms with E-state index in [1.807, 2.05) is 30.3 Å². The first-order chi connectivity index (χ1) is 6.74. The Morgan fingerprint density at radius 2 is 2.36 bits per heavy atom. The first kappa shape index (κ1) is 11.6. The van der Waals surface area contributed by atoms with Crippen LogP contribution < -0.4 is 0 Å². The molecule has 0 spiro atoms. The van der Waals surface area contributed by atoms with Gasteiger partial charge in [-0.05, 0) is 24.6 Å². The fraction of sp³-hybridized carbons (Fsp3) is 0.273. The molecule has 14 heavy (non-hydrogen) atoms. The van der Waals surface area contributed by atoms with E-state index in [0.717, 1.165) is 16.2 Å². The smallest absolute Gasteiger partial charge is 0.0762 e. The molecule has 1 N–H and O–H groups in total. The third-order valence-corrected chi connectivity index (χ3v) is 2.90. The maximum absolute atomic E-state index is 9.38. The summed E-state index contributed by atoms with van der Waals surface area (Å²) < 4.78 is 0. The number of aliphatic hydroxyl groups excluding tert-OH is 1. The molecule has 0 bridgehead atoms. The van der Waals surface area contributed by atoms with Crippen molar-refractivity contribution in [1.82, 2.24) is 0 Å². The average Bonchev–Trinajstić information content (AvgIpc) is 2.19. The van der Waals surface area contributed by atoms with Crippen molar-refractivity contribution in [3.63, 3.8) is 0 Å². The lowest BCUT2D eigenvalue weighted by Gasteiger charge is -2.06. The molecule has 0 saturated carbocycles. The Hall–Kier alpha value is -0.440. The molecule has 76 valence electrons. The van der Waals surface area contributed by atoms with Gasteiger partial charge in [-0.2, -0.15) is 0 Å². The van der Waals surface area contributed by atoms with Gasteiger partial charge in [0.05, 0.1) is 6.10 Å². The number of hydrogen-bond donors (Lipinski definition) is 1. The molecule has 1 aromatic rings. The Bertz CT molecular complexity index is 310. The molecule has 0 amide bonds. The Labute approximate surface area is 93.8 Å². The van der Waals surface area contributed by atoms with Crippen LogP contribution >= 0.6 is 23.4 Å². The lowest BCUT2D eigenvalue weighted by Crippen LogP contribution is -1.90. The van der Waals surface area contributed by atoms with E-state index in [4.69, 9.17) is 11.6 Å². The summed E-state index contributed by atoms with van der Waals surface area (Å²) in [5, 5.41) is 9.38. The predicted octanol–water partition coefficient (Wildman–Crippen LogP) is 3.58. The Kier molecular flexibility index (Phi) is 5.09. The van der Waals surface area contributed by atoms with Gasteiger partial charge in [0.15, 0.2) is 0 Å². The highest BCUT2D eigenvalue weighted by Gasteiger charge is 2.00. The van der Waals surface area contributed by atoms with Crippen LogP contribution in [0.1, 0.15) is 18.6 Å². The van der Waals surface area contributed by atoms with Crippen molar-refractivity contribution in [2.75, 3.05) is 5.75 Å². The Balaban J connectivity index is 2.64. The number of benzene rings is 1. The summed E-state index contributed by atoms with van der Waals surface area (Å²) in [6.45, 7) is 1.77. The fourth-order valence-electron chi connectivity index (χ4n) is 1.04. The van der Waals surface area contributed by atoms with Crippen LogP contribution in [0.4, 0.5) is 0 Å². The van der Waals surface area contributed by atoms with Gasteiger partial charge in [0.25, 0.3) is 0 Å². The standard InChI is InChI=1S/C11H13ClOS/c1-9(13)10-4-2-5-11(8-10)14-7-3-6-12/h2-6,8-9,13H,7H2,1H3. The van der Waals surface area contributed by atoms with Gasteiger partial charge in [0.2, 0.25) is 0 Å². The number of halogens is 1. The summed E-state index contributed by atoms with van der Waals surface area (Å²) in [5.41, 5.74) is 2.47. The van der Waals surface area contributed by atoms with Crippen molar-refractivity contribution in [3.8, 4) is 0 Å². The van der Waals surface area contributed by atoms with Crippen LogP contribution in [-0.4, -0.2) is 10.9 Å². The Morgan fingerprint density at radius 1 is 1.57 bits per heavy atom. The monoisotopic (exact) mass is 228 g/mol. The molecule has 0 saturated heterocycles. The summed E-state index contributed by atoms with van der Waals surface area (Å²) in [5.74, 6) is 0.854. The molecule has 1 unspecified atom stereocenters. The minimum atomic E-state index is -0.404. The van der Waals surface area contributed by atoms with Gasteiger partial charge in [-0.25, -0.2) is 0 Å². The SMILES string of the molecule is CC(O)c1cccc(SCC=CCl)c1. The molecule has 0 aliphatic carbocycles. The minimum Gasteiger partial charge on any atom is -0.389 e. The van der Waals surface area contributed by atoms with E-state index in [1.54, 1.807) is 18.7 Å². The fourth-order valence-corrected chi connectivity index (χ4v) is 2.02. The normalized spacial score (nSPS) is 13.4. The minimum absolute atomic E-state index is 0.404. The van der Waals surface area contributed by atoms with Crippen molar-refractivity contribution in [2.24, 2.45) is 0 Å². The van der Waals surface area contributed by atoms with Gasteiger partial charge >= 0.3 is 0 Å². The van der Waals surface area contributed by atoms with E-state index in [0.29, 0.717) is 0 Å². The number of thioether (sulfide) groups is 1. The molecule has 0 aliphatic heterocycles. The van der Waals surface area contributed by atoms with Gasteiger partial charge < -0.3 is 5.11 Å². The molecule has 0 fully saturated rings. The zero-order valence-electron chi connectivity index (χ0n) is 7.98. The van der Waals surface area contributed by atoms with Crippen molar-refractivity contribution < 1.29 is 5.11 Å². The molecule has 1 atom stereocenters. The molecule has 1 aromatic carbocycles. The number of aliphatic hydroxyl groups is 1. The van der Waals surface area contributed by atoms with Crippen LogP contribution in [0.2, 0.25) is 0 Å². The van der Waals surface area contributed by atoms with E-state index >= 15 is 0 Å². The van der Waals surface area contributed by atoms with Crippen LogP contribution in [0.3, 0.4) is 0 Å².